The Hall–Kier alpha value is -3.94. The van der Waals surface area contributed by atoms with Crippen molar-refractivity contribution in [2.24, 2.45) is 11.3 Å². The summed E-state index contributed by atoms with van der Waals surface area (Å²) in [4.78, 5) is 39.5. The molecular weight excluding hydrogens is 713 g/mol. The second kappa shape index (κ2) is 12.8. The van der Waals surface area contributed by atoms with Crippen molar-refractivity contribution in [3.05, 3.63) is 70.9 Å². The smallest absolute Gasteiger partial charge is 0.340 e. The number of carbonyl (C=O) groups is 2. The number of piperidine rings is 1. The highest BCUT2D eigenvalue weighted by Gasteiger charge is 2.75. The number of benzene rings is 2. The van der Waals surface area contributed by atoms with Crippen LogP contribution < -0.4 is 9.64 Å². The molecule has 5 aliphatic heterocycles. The van der Waals surface area contributed by atoms with E-state index in [0.717, 1.165) is 40.8 Å². The molecule has 2 bridgehead atoms. The van der Waals surface area contributed by atoms with Crippen molar-refractivity contribution in [1.29, 1.82) is 0 Å². The van der Waals surface area contributed by atoms with E-state index in [2.05, 4.69) is 41.1 Å². The highest BCUT2D eigenvalue weighted by molar-refractivity contribution is 5.94. The molecule has 6 aliphatic rings. The van der Waals surface area contributed by atoms with Crippen LogP contribution >= 0.6 is 0 Å². The van der Waals surface area contributed by atoms with Crippen molar-refractivity contribution >= 4 is 28.5 Å². The summed E-state index contributed by atoms with van der Waals surface area (Å²) in [6.45, 7) is 6.45. The third-order valence-corrected chi connectivity index (χ3v) is 15.4. The molecule has 10 atom stereocenters. The van der Waals surface area contributed by atoms with Gasteiger partial charge in [-0.05, 0) is 74.8 Å². The number of aliphatic hydroxyl groups excluding tert-OH is 1. The van der Waals surface area contributed by atoms with Gasteiger partial charge in [-0.3, -0.25) is 14.6 Å². The van der Waals surface area contributed by atoms with Crippen molar-refractivity contribution in [2.45, 2.75) is 99.1 Å². The number of para-hydroxylation sites is 1. The van der Waals surface area contributed by atoms with Gasteiger partial charge in [-0.1, -0.05) is 44.2 Å². The summed E-state index contributed by atoms with van der Waals surface area (Å²) in [6, 6.07) is 11.4. The van der Waals surface area contributed by atoms with E-state index in [1.807, 2.05) is 48.0 Å². The van der Waals surface area contributed by atoms with Crippen molar-refractivity contribution in [3.63, 3.8) is 0 Å². The third kappa shape index (κ3) is 4.70. The fourth-order valence-electron chi connectivity index (χ4n) is 13.1. The van der Waals surface area contributed by atoms with Crippen LogP contribution in [0.25, 0.3) is 10.9 Å². The molecule has 0 radical (unpaired) electrons. The Labute approximate surface area is 328 Å². The molecule has 2 saturated heterocycles. The van der Waals surface area contributed by atoms with Gasteiger partial charge in [-0.15, -0.1) is 0 Å². The number of hydrogen-bond donors (Lipinski definition) is 4. The van der Waals surface area contributed by atoms with Crippen molar-refractivity contribution < 1.29 is 39.1 Å². The van der Waals surface area contributed by atoms with Crippen LogP contribution in [0.3, 0.4) is 0 Å². The zero-order chi connectivity index (χ0) is 39.6. The number of methoxy groups -OCH3 is 3. The number of fused-ring (bicyclic) bond motifs is 6. The number of rotatable bonds is 6. The molecular formula is C44H56N4O8. The minimum Gasteiger partial charge on any atom is -0.496 e. The first-order valence-corrected chi connectivity index (χ1v) is 20.3. The van der Waals surface area contributed by atoms with Crippen LogP contribution in [0, 0.1) is 11.3 Å². The Balaban J connectivity index is 1.36. The van der Waals surface area contributed by atoms with Gasteiger partial charge in [0.1, 0.15) is 17.4 Å². The molecule has 10 unspecified atom stereocenters. The van der Waals surface area contributed by atoms with Crippen molar-refractivity contribution in [1.82, 2.24) is 14.8 Å². The molecule has 300 valence electrons. The molecule has 1 saturated carbocycles. The van der Waals surface area contributed by atoms with E-state index < -0.39 is 57.6 Å². The van der Waals surface area contributed by atoms with Crippen LogP contribution in [0.2, 0.25) is 0 Å². The Kier molecular flexibility index (Phi) is 8.59. The van der Waals surface area contributed by atoms with Crippen molar-refractivity contribution in [2.75, 3.05) is 59.5 Å². The Morgan fingerprint density at radius 2 is 1.71 bits per heavy atom. The van der Waals surface area contributed by atoms with Gasteiger partial charge in [0.25, 0.3) is 0 Å². The highest BCUT2D eigenvalue weighted by atomic mass is 16.5. The normalized spacial score (nSPS) is 38.4. The Morgan fingerprint density at radius 1 is 0.946 bits per heavy atom. The van der Waals surface area contributed by atoms with Gasteiger partial charge in [0.15, 0.2) is 5.60 Å². The average molecular weight is 769 g/mol. The molecule has 2 aromatic carbocycles. The third-order valence-electron chi connectivity index (χ3n) is 15.4. The summed E-state index contributed by atoms with van der Waals surface area (Å²) in [7, 11) is 6.29. The van der Waals surface area contributed by atoms with Crippen LogP contribution in [0.1, 0.15) is 74.8 Å². The fraction of sp³-hybridized carbons (Fsp3) is 0.591. The van der Waals surface area contributed by atoms with Crippen LogP contribution in [0.15, 0.2) is 48.6 Å². The molecule has 3 fully saturated rings. The maximum Gasteiger partial charge on any atom is 0.340 e. The van der Waals surface area contributed by atoms with Gasteiger partial charge in [0.2, 0.25) is 0 Å². The van der Waals surface area contributed by atoms with Crippen LogP contribution in [-0.2, 0) is 36.3 Å². The minimum atomic E-state index is -1.84. The van der Waals surface area contributed by atoms with Crippen LogP contribution in [0.4, 0.5) is 5.69 Å². The number of anilines is 1. The number of aromatic amines is 1. The second-order valence-corrected chi connectivity index (χ2v) is 17.7. The molecule has 0 amide bonds. The average Bonchev–Trinajstić information content (AvgIpc) is 3.87. The fourth-order valence-corrected chi connectivity index (χ4v) is 13.1. The summed E-state index contributed by atoms with van der Waals surface area (Å²) in [5.74, 6) is -1.22. The molecule has 3 aromatic rings. The van der Waals surface area contributed by atoms with Gasteiger partial charge >= 0.3 is 11.9 Å². The molecule has 4 N–H and O–H groups in total. The number of likely N-dealkylation sites (N-methyl/N-ethyl adjacent to an activating group) is 1. The van der Waals surface area contributed by atoms with Crippen molar-refractivity contribution in [3.8, 4) is 5.75 Å². The summed E-state index contributed by atoms with van der Waals surface area (Å²) in [5, 5.41) is 37.9. The van der Waals surface area contributed by atoms with E-state index in [1.165, 1.54) is 14.2 Å². The lowest BCUT2D eigenvalue weighted by Crippen LogP contribution is -2.74. The molecule has 12 nitrogen and oxygen atoms in total. The molecule has 9 rings (SSSR count). The summed E-state index contributed by atoms with van der Waals surface area (Å²) in [6.07, 6.45) is 6.53. The molecule has 12 heteroatoms. The zero-order valence-corrected chi connectivity index (χ0v) is 33.4. The van der Waals surface area contributed by atoms with Crippen LogP contribution in [-0.4, -0.2) is 126 Å². The van der Waals surface area contributed by atoms with E-state index in [1.54, 1.807) is 7.11 Å². The lowest BCUT2D eigenvalue weighted by Gasteiger charge is -2.60. The Bertz CT molecular complexity index is 2140. The first-order chi connectivity index (χ1) is 26.8. The predicted molar refractivity (Wildman–Crippen MR) is 211 cm³/mol. The minimum absolute atomic E-state index is 0.0450. The first-order valence-electron chi connectivity index (χ1n) is 20.3. The molecule has 1 spiro atoms. The first kappa shape index (κ1) is 37.6. The number of esters is 2. The largest absolute Gasteiger partial charge is 0.496 e. The monoisotopic (exact) mass is 768 g/mol. The lowest BCUT2D eigenvalue weighted by molar-refractivity contribution is -0.181. The number of hydrogen-bond acceptors (Lipinski definition) is 11. The predicted octanol–water partition coefficient (Wildman–Crippen LogP) is 3.77. The summed E-state index contributed by atoms with van der Waals surface area (Å²) < 4.78 is 17.7. The number of aromatic nitrogens is 1. The van der Waals surface area contributed by atoms with Gasteiger partial charge in [-0.25, -0.2) is 4.79 Å². The number of nitrogens with zero attached hydrogens (tertiary/aromatic N) is 3. The van der Waals surface area contributed by atoms with Gasteiger partial charge in [0, 0.05) is 83.4 Å². The zero-order valence-electron chi connectivity index (χ0n) is 33.4. The summed E-state index contributed by atoms with van der Waals surface area (Å²) in [5.41, 5.74) is -0.806. The number of nitrogens with one attached hydrogen (secondary N) is 1. The van der Waals surface area contributed by atoms with E-state index in [4.69, 9.17) is 14.2 Å². The molecule has 1 aromatic heterocycles. The van der Waals surface area contributed by atoms with Crippen LogP contribution in [0.5, 0.6) is 5.75 Å². The van der Waals surface area contributed by atoms with Gasteiger partial charge < -0.3 is 39.4 Å². The number of aliphatic hydroxyl groups is 3. The van der Waals surface area contributed by atoms with E-state index in [-0.39, 0.29) is 18.9 Å². The van der Waals surface area contributed by atoms with E-state index in [0.29, 0.717) is 62.2 Å². The quantitative estimate of drug-likeness (QED) is 0.215. The second-order valence-electron chi connectivity index (χ2n) is 17.7. The standard InChI is InChI=1S/C44H56N4O8/c1-7-40-15-11-17-47-19-16-42(36(40)47)29-20-30(33(54-4)21-32(29)46(3)37(42)44(53,24-40)39(51)56-6)43(38(50)55-5)23-26-22-41(52,8-2)25-48(35(26)49)18-14-28-27-12-9-10-13-31(27)45-34(28)43/h9-13,15,20-21,26,35-37,45,49,52-53H,7-8,14,16-19,22-25H2,1-6H3. The maximum absolute atomic E-state index is 15.2. The molecule has 1 aliphatic carbocycles. The van der Waals surface area contributed by atoms with E-state index >= 15 is 4.79 Å². The maximum atomic E-state index is 15.2. The summed E-state index contributed by atoms with van der Waals surface area (Å²) >= 11 is 0. The lowest BCUT2D eigenvalue weighted by atomic mass is 9.49. The Morgan fingerprint density at radius 3 is 2.43 bits per heavy atom. The molecule has 6 heterocycles. The number of carbonyl (C=O) groups excluding carboxylic acids is 2. The highest BCUT2D eigenvalue weighted by Crippen LogP contribution is 2.67. The number of H-pyrrole nitrogens is 1. The molecule has 56 heavy (non-hydrogen) atoms. The number of ether oxygens (including phenoxy) is 3. The van der Waals surface area contributed by atoms with Gasteiger partial charge in [-0.2, -0.15) is 0 Å². The topological polar surface area (TPSA) is 148 Å². The SMILES string of the molecule is CCC1(O)CC2CC(C(=O)OC)(c3cc4c(cc3OC)N(C)C3C(O)(C(=O)OC)CC5(CC)C=CCN6CCC43C65)c3[nH]c4ccccc4c3CCN(C1)C2O. The van der Waals surface area contributed by atoms with Gasteiger partial charge in [0.05, 0.1) is 33.0 Å². The van der Waals surface area contributed by atoms with E-state index in [9.17, 15) is 20.1 Å².